The molecule has 0 spiro atoms. The lowest BCUT2D eigenvalue weighted by Gasteiger charge is -2.21. The Morgan fingerprint density at radius 1 is 1.22 bits per heavy atom. The van der Waals surface area contributed by atoms with E-state index in [0.29, 0.717) is 12.1 Å². The fourth-order valence-corrected chi connectivity index (χ4v) is 3.03. The van der Waals surface area contributed by atoms with Crippen LogP contribution in [0.25, 0.3) is 0 Å². The first-order chi connectivity index (χ1) is 12.9. The third kappa shape index (κ3) is 5.98. The number of aliphatic hydroxyl groups is 1. The van der Waals surface area contributed by atoms with Gasteiger partial charge < -0.3 is 26.2 Å². The van der Waals surface area contributed by atoms with Crippen LogP contribution in [0.3, 0.4) is 0 Å². The van der Waals surface area contributed by atoms with Gasteiger partial charge in [-0.2, -0.15) is 0 Å². The Labute approximate surface area is 160 Å². The van der Waals surface area contributed by atoms with E-state index in [2.05, 4.69) is 42.4 Å². The number of nitrogens with two attached hydrogens (primary N) is 1. The molecule has 0 bridgehead atoms. The van der Waals surface area contributed by atoms with E-state index in [1.807, 2.05) is 6.07 Å². The number of para-hydroxylation sites is 1. The average Bonchev–Trinajstić information content (AvgIpc) is 2.64. The molecule has 6 heteroatoms. The average molecular weight is 371 g/mol. The molecule has 1 unspecified atom stereocenters. The van der Waals surface area contributed by atoms with E-state index in [9.17, 15) is 15.0 Å². The summed E-state index contributed by atoms with van der Waals surface area (Å²) < 4.78 is 0. The van der Waals surface area contributed by atoms with Crippen molar-refractivity contribution in [2.75, 3.05) is 31.6 Å². The minimum absolute atomic E-state index is 0.0193. The van der Waals surface area contributed by atoms with Crippen LogP contribution in [-0.2, 0) is 0 Å². The van der Waals surface area contributed by atoms with Crippen LogP contribution >= 0.6 is 0 Å². The number of nitrogens with zero attached hydrogens (tertiary/aromatic N) is 1. The highest BCUT2D eigenvalue weighted by Crippen LogP contribution is 2.22. The molecule has 2 aromatic carbocycles. The molecule has 0 saturated heterocycles. The number of phenols is 1. The monoisotopic (exact) mass is 371 g/mol. The van der Waals surface area contributed by atoms with Crippen molar-refractivity contribution in [3.05, 3.63) is 59.2 Å². The maximum Gasteiger partial charge on any atom is 0.252 e. The summed E-state index contributed by atoms with van der Waals surface area (Å²) >= 11 is 0. The van der Waals surface area contributed by atoms with Crippen molar-refractivity contribution >= 4 is 11.6 Å². The van der Waals surface area contributed by atoms with Gasteiger partial charge in [0.15, 0.2) is 0 Å². The van der Waals surface area contributed by atoms with E-state index in [4.69, 9.17) is 5.73 Å². The standard InChI is InChI=1S/C21H29N3O3/c1-15-7-3-4-8-18(15)24(2)12-6-5-11-23-14-20(26)16-9-10-19(25)17(13-16)21(22)27/h3-4,7-10,13,20,23,25-26H,5-6,11-12,14H2,1-2H3,(H2,22,27). The number of nitrogens with one attached hydrogen (secondary N) is 1. The van der Waals surface area contributed by atoms with Gasteiger partial charge in [0.1, 0.15) is 5.75 Å². The van der Waals surface area contributed by atoms with Crippen LogP contribution in [0, 0.1) is 6.92 Å². The molecule has 27 heavy (non-hydrogen) atoms. The number of hydrogen-bond donors (Lipinski definition) is 4. The molecule has 0 aliphatic heterocycles. The highest BCUT2D eigenvalue weighted by molar-refractivity contribution is 5.95. The van der Waals surface area contributed by atoms with Gasteiger partial charge >= 0.3 is 0 Å². The van der Waals surface area contributed by atoms with Crippen molar-refractivity contribution in [2.45, 2.75) is 25.9 Å². The SMILES string of the molecule is Cc1ccccc1N(C)CCCCNCC(O)c1ccc(O)c(C(N)=O)c1. The maximum absolute atomic E-state index is 11.3. The molecule has 146 valence electrons. The van der Waals surface area contributed by atoms with Gasteiger partial charge in [-0.1, -0.05) is 24.3 Å². The van der Waals surface area contributed by atoms with Crippen LogP contribution in [0.1, 0.15) is 40.4 Å². The van der Waals surface area contributed by atoms with E-state index < -0.39 is 12.0 Å². The molecule has 2 aromatic rings. The van der Waals surface area contributed by atoms with Crippen LogP contribution in [0.15, 0.2) is 42.5 Å². The zero-order valence-electron chi connectivity index (χ0n) is 16.0. The van der Waals surface area contributed by atoms with Gasteiger partial charge in [-0.25, -0.2) is 0 Å². The normalized spacial score (nSPS) is 12.0. The predicted octanol–water partition coefficient (Wildman–Crippen LogP) is 2.34. The summed E-state index contributed by atoms with van der Waals surface area (Å²) in [6.07, 6.45) is 1.27. The summed E-state index contributed by atoms with van der Waals surface area (Å²) in [5, 5.41) is 23.1. The Kier molecular flexibility index (Phi) is 7.64. The highest BCUT2D eigenvalue weighted by Gasteiger charge is 2.13. The molecule has 0 fully saturated rings. The summed E-state index contributed by atoms with van der Waals surface area (Å²) in [4.78, 5) is 13.5. The van der Waals surface area contributed by atoms with Gasteiger partial charge in [0.2, 0.25) is 0 Å². The number of hydrogen-bond acceptors (Lipinski definition) is 5. The largest absolute Gasteiger partial charge is 0.507 e. The number of unbranched alkanes of at least 4 members (excludes halogenated alkanes) is 1. The Morgan fingerprint density at radius 2 is 1.96 bits per heavy atom. The molecule has 5 N–H and O–H groups in total. The minimum Gasteiger partial charge on any atom is -0.507 e. The summed E-state index contributed by atoms with van der Waals surface area (Å²) in [5.74, 6) is -0.892. The minimum atomic E-state index is -0.765. The fraction of sp³-hybridized carbons (Fsp3) is 0.381. The lowest BCUT2D eigenvalue weighted by molar-refractivity contribution is 0.0997. The van der Waals surface area contributed by atoms with Crippen molar-refractivity contribution in [2.24, 2.45) is 5.73 Å². The van der Waals surface area contributed by atoms with Crippen molar-refractivity contribution in [1.82, 2.24) is 5.32 Å². The van der Waals surface area contributed by atoms with E-state index >= 15 is 0 Å². The molecule has 1 atom stereocenters. The van der Waals surface area contributed by atoms with Crippen molar-refractivity contribution < 1.29 is 15.0 Å². The second-order valence-corrected chi connectivity index (χ2v) is 6.78. The quantitative estimate of drug-likeness (QED) is 0.481. The summed E-state index contributed by atoms with van der Waals surface area (Å²) in [7, 11) is 2.10. The lowest BCUT2D eigenvalue weighted by Crippen LogP contribution is -2.24. The van der Waals surface area contributed by atoms with Crippen molar-refractivity contribution in [1.29, 1.82) is 0 Å². The third-order valence-electron chi connectivity index (χ3n) is 4.63. The van der Waals surface area contributed by atoms with Gasteiger partial charge in [0, 0.05) is 25.8 Å². The number of benzene rings is 2. The second kappa shape index (κ2) is 9.94. The number of primary amides is 1. The van der Waals surface area contributed by atoms with Gasteiger partial charge in [-0.15, -0.1) is 0 Å². The number of aromatic hydroxyl groups is 1. The molecule has 0 saturated carbocycles. The topological polar surface area (TPSA) is 98.8 Å². The summed E-state index contributed by atoms with van der Waals surface area (Å²) in [6.45, 7) is 4.24. The fourth-order valence-electron chi connectivity index (χ4n) is 3.03. The van der Waals surface area contributed by atoms with E-state index in [1.54, 1.807) is 6.07 Å². The number of rotatable bonds is 10. The first-order valence-electron chi connectivity index (χ1n) is 9.18. The van der Waals surface area contributed by atoms with Crippen LogP contribution in [0.4, 0.5) is 5.69 Å². The maximum atomic E-state index is 11.3. The first kappa shape index (κ1) is 20.7. The van der Waals surface area contributed by atoms with Gasteiger partial charge in [0.25, 0.3) is 5.91 Å². The molecule has 0 aliphatic carbocycles. The summed E-state index contributed by atoms with van der Waals surface area (Å²) in [6, 6.07) is 12.7. The Bertz CT molecular complexity index is 764. The van der Waals surface area contributed by atoms with E-state index in [0.717, 1.165) is 25.9 Å². The zero-order chi connectivity index (χ0) is 19.8. The zero-order valence-corrected chi connectivity index (χ0v) is 16.0. The highest BCUT2D eigenvalue weighted by atomic mass is 16.3. The Hall–Kier alpha value is -2.57. The smallest absolute Gasteiger partial charge is 0.252 e. The van der Waals surface area contributed by atoms with Crippen molar-refractivity contribution in [3.8, 4) is 5.75 Å². The van der Waals surface area contributed by atoms with Crippen LogP contribution in [0.2, 0.25) is 0 Å². The van der Waals surface area contributed by atoms with E-state index in [1.165, 1.54) is 23.4 Å². The van der Waals surface area contributed by atoms with Crippen molar-refractivity contribution in [3.63, 3.8) is 0 Å². The van der Waals surface area contributed by atoms with E-state index in [-0.39, 0.29) is 11.3 Å². The number of amides is 1. The molecule has 0 radical (unpaired) electrons. The third-order valence-corrected chi connectivity index (χ3v) is 4.63. The lowest BCUT2D eigenvalue weighted by atomic mass is 10.0. The molecule has 2 rings (SSSR count). The van der Waals surface area contributed by atoms with Gasteiger partial charge in [-0.05, 0) is 55.6 Å². The Morgan fingerprint density at radius 3 is 2.67 bits per heavy atom. The predicted molar refractivity (Wildman–Crippen MR) is 108 cm³/mol. The second-order valence-electron chi connectivity index (χ2n) is 6.78. The molecule has 6 nitrogen and oxygen atoms in total. The molecule has 0 aromatic heterocycles. The molecule has 1 amide bonds. The number of aliphatic hydroxyl groups excluding tert-OH is 1. The van der Waals surface area contributed by atoms with Crippen LogP contribution < -0.4 is 16.0 Å². The molecule has 0 aliphatic rings. The number of carbonyl (C=O) groups excluding carboxylic acids is 1. The first-order valence-corrected chi connectivity index (χ1v) is 9.18. The molecule has 0 heterocycles. The van der Waals surface area contributed by atoms with Crippen LogP contribution in [-0.4, -0.2) is 42.8 Å². The molecular weight excluding hydrogens is 342 g/mol. The van der Waals surface area contributed by atoms with Gasteiger partial charge in [-0.3, -0.25) is 4.79 Å². The number of anilines is 1. The Balaban J connectivity index is 1.70. The summed E-state index contributed by atoms with van der Waals surface area (Å²) in [5.41, 5.74) is 8.30. The number of aryl methyl sites for hydroxylation is 1. The number of carbonyl (C=O) groups is 1. The van der Waals surface area contributed by atoms with Crippen LogP contribution in [0.5, 0.6) is 5.75 Å². The van der Waals surface area contributed by atoms with Gasteiger partial charge in [0.05, 0.1) is 11.7 Å². The molecular formula is C21H29N3O3.